The Kier molecular flexibility index (Phi) is 4.07. The number of ether oxygens (including phenoxy) is 1. The van der Waals surface area contributed by atoms with Crippen molar-refractivity contribution in [3.8, 4) is 5.75 Å². The zero-order valence-corrected chi connectivity index (χ0v) is 11.6. The highest BCUT2D eigenvalue weighted by molar-refractivity contribution is 5.52. The molecule has 100 valence electrons. The van der Waals surface area contributed by atoms with Gasteiger partial charge in [-0.05, 0) is 45.9 Å². The van der Waals surface area contributed by atoms with Crippen LogP contribution in [0, 0.1) is 0 Å². The summed E-state index contributed by atoms with van der Waals surface area (Å²) in [4.78, 5) is 6.80. The van der Waals surface area contributed by atoms with Gasteiger partial charge >= 0.3 is 0 Å². The predicted octanol–water partition coefficient (Wildman–Crippen LogP) is 2.06. The average molecular weight is 249 g/mol. The number of aromatic nitrogens is 1. The van der Waals surface area contributed by atoms with Crippen molar-refractivity contribution in [3.63, 3.8) is 0 Å². The van der Waals surface area contributed by atoms with Gasteiger partial charge in [0.25, 0.3) is 0 Å². The fraction of sp³-hybridized carbons (Fsp3) is 0.643. The van der Waals surface area contributed by atoms with E-state index in [0.717, 1.165) is 37.5 Å². The summed E-state index contributed by atoms with van der Waals surface area (Å²) in [7, 11) is 2.04. The van der Waals surface area contributed by atoms with Crippen LogP contribution in [0.1, 0.15) is 26.7 Å². The van der Waals surface area contributed by atoms with Gasteiger partial charge in [-0.2, -0.15) is 0 Å². The Hall–Kier alpha value is -1.29. The van der Waals surface area contributed by atoms with Gasteiger partial charge in [-0.1, -0.05) is 0 Å². The van der Waals surface area contributed by atoms with Crippen LogP contribution in [-0.2, 0) is 0 Å². The van der Waals surface area contributed by atoms with Crippen LogP contribution in [0.3, 0.4) is 0 Å². The maximum Gasteiger partial charge on any atom is 0.171 e. The Balaban J connectivity index is 2.09. The molecule has 1 fully saturated rings. The number of pyridine rings is 1. The zero-order chi connectivity index (χ0) is 13.0. The monoisotopic (exact) mass is 249 g/mol. The van der Waals surface area contributed by atoms with Crippen LogP contribution in [0.15, 0.2) is 18.3 Å². The van der Waals surface area contributed by atoms with Crippen LogP contribution >= 0.6 is 0 Å². The topological polar surface area (TPSA) is 37.4 Å². The summed E-state index contributed by atoms with van der Waals surface area (Å²) in [6.07, 6.45) is 4.10. The van der Waals surface area contributed by atoms with Crippen LogP contribution in [0.25, 0.3) is 0 Å². The third-order valence-electron chi connectivity index (χ3n) is 3.82. The number of rotatable bonds is 4. The normalized spacial score (nSPS) is 18.7. The summed E-state index contributed by atoms with van der Waals surface area (Å²) in [5.74, 6) is 1.88. The molecule has 1 saturated heterocycles. The van der Waals surface area contributed by atoms with Gasteiger partial charge in [0.15, 0.2) is 11.6 Å². The molecule has 1 aliphatic heterocycles. The van der Waals surface area contributed by atoms with Crippen molar-refractivity contribution in [2.24, 2.45) is 0 Å². The molecule has 2 rings (SSSR count). The largest absolute Gasteiger partial charge is 0.490 e. The second-order valence-electron chi connectivity index (χ2n) is 5.06. The van der Waals surface area contributed by atoms with E-state index in [1.54, 1.807) is 0 Å². The highest BCUT2D eigenvalue weighted by atomic mass is 16.5. The molecule has 0 spiro atoms. The summed E-state index contributed by atoms with van der Waals surface area (Å²) < 4.78 is 5.65. The van der Waals surface area contributed by atoms with Gasteiger partial charge < -0.3 is 15.0 Å². The van der Waals surface area contributed by atoms with E-state index in [-0.39, 0.29) is 5.54 Å². The van der Waals surface area contributed by atoms with Crippen LogP contribution in [-0.4, -0.2) is 37.3 Å². The molecular formula is C14H23N3O. The molecule has 2 heterocycles. The molecule has 18 heavy (non-hydrogen) atoms. The Labute approximate surface area is 109 Å². The van der Waals surface area contributed by atoms with Crippen LogP contribution in [0.5, 0.6) is 5.75 Å². The minimum absolute atomic E-state index is 0.261. The summed E-state index contributed by atoms with van der Waals surface area (Å²) in [5.41, 5.74) is 0.261. The van der Waals surface area contributed by atoms with Crippen molar-refractivity contribution >= 4 is 5.82 Å². The number of piperidine rings is 1. The zero-order valence-electron chi connectivity index (χ0n) is 11.6. The standard InChI is InChI=1S/C14H23N3O/c1-4-18-12-6-5-9-16-13(12)17-10-7-14(2,15-3)8-11-17/h5-6,9,15H,4,7-8,10-11H2,1-3H3. The fourth-order valence-corrected chi connectivity index (χ4v) is 2.35. The van der Waals surface area contributed by atoms with Crippen molar-refractivity contribution < 1.29 is 4.74 Å². The molecule has 0 aromatic carbocycles. The maximum absolute atomic E-state index is 5.65. The Morgan fingerprint density at radius 2 is 2.17 bits per heavy atom. The molecule has 4 heteroatoms. The first-order valence-corrected chi connectivity index (χ1v) is 6.70. The van der Waals surface area contributed by atoms with Gasteiger partial charge in [-0.15, -0.1) is 0 Å². The molecule has 1 aliphatic rings. The molecule has 0 bridgehead atoms. The van der Waals surface area contributed by atoms with E-state index in [2.05, 4.69) is 22.1 Å². The summed E-state index contributed by atoms with van der Waals surface area (Å²) in [5, 5.41) is 3.41. The highest BCUT2D eigenvalue weighted by Crippen LogP contribution is 2.30. The lowest BCUT2D eigenvalue weighted by Gasteiger charge is -2.40. The SMILES string of the molecule is CCOc1cccnc1N1CCC(C)(NC)CC1. The van der Waals surface area contributed by atoms with E-state index in [1.165, 1.54) is 0 Å². The molecule has 4 nitrogen and oxygen atoms in total. The lowest BCUT2D eigenvalue weighted by atomic mass is 9.90. The van der Waals surface area contributed by atoms with E-state index in [1.807, 2.05) is 32.3 Å². The Morgan fingerprint density at radius 3 is 2.78 bits per heavy atom. The first-order valence-electron chi connectivity index (χ1n) is 6.70. The summed E-state index contributed by atoms with van der Waals surface area (Å²) in [6.45, 7) is 7.01. The van der Waals surface area contributed by atoms with Crippen molar-refractivity contribution in [1.82, 2.24) is 10.3 Å². The Bertz CT molecular complexity index is 386. The summed E-state index contributed by atoms with van der Waals surface area (Å²) in [6, 6.07) is 3.92. The lowest BCUT2D eigenvalue weighted by Crippen LogP contribution is -2.50. The predicted molar refractivity (Wildman–Crippen MR) is 74.3 cm³/mol. The second kappa shape index (κ2) is 5.57. The van der Waals surface area contributed by atoms with Crippen LogP contribution in [0.2, 0.25) is 0 Å². The van der Waals surface area contributed by atoms with Gasteiger partial charge in [0.05, 0.1) is 6.61 Å². The third kappa shape index (κ3) is 2.75. The van der Waals surface area contributed by atoms with E-state index in [4.69, 9.17) is 4.74 Å². The molecule has 1 aromatic heterocycles. The summed E-state index contributed by atoms with van der Waals surface area (Å²) >= 11 is 0. The molecule has 1 N–H and O–H groups in total. The van der Waals surface area contributed by atoms with E-state index < -0.39 is 0 Å². The second-order valence-corrected chi connectivity index (χ2v) is 5.06. The molecule has 0 saturated carbocycles. The average Bonchev–Trinajstić information content (AvgIpc) is 2.41. The fourth-order valence-electron chi connectivity index (χ4n) is 2.35. The van der Waals surface area contributed by atoms with Gasteiger partial charge in [-0.25, -0.2) is 4.98 Å². The molecule has 0 unspecified atom stereocenters. The quantitative estimate of drug-likeness (QED) is 0.886. The molecular weight excluding hydrogens is 226 g/mol. The first kappa shape index (κ1) is 13.1. The number of hydrogen-bond acceptors (Lipinski definition) is 4. The first-order chi connectivity index (χ1) is 8.68. The highest BCUT2D eigenvalue weighted by Gasteiger charge is 2.29. The lowest BCUT2D eigenvalue weighted by molar-refractivity contribution is 0.299. The number of nitrogens with one attached hydrogen (secondary N) is 1. The third-order valence-corrected chi connectivity index (χ3v) is 3.82. The van der Waals surface area contributed by atoms with Crippen molar-refractivity contribution in [3.05, 3.63) is 18.3 Å². The van der Waals surface area contributed by atoms with Crippen molar-refractivity contribution in [1.29, 1.82) is 0 Å². The minimum Gasteiger partial charge on any atom is -0.490 e. The minimum atomic E-state index is 0.261. The van der Waals surface area contributed by atoms with Crippen LogP contribution < -0.4 is 15.0 Å². The van der Waals surface area contributed by atoms with Crippen molar-refractivity contribution in [2.75, 3.05) is 31.6 Å². The van der Waals surface area contributed by atoms with Crippen LogP contribution in [0.4, 0.5) is 5.82 Å². The molecule has 0 aliphatic carbocycles. The maximum atomic E-state index is 5.65. The number of hydrogen-bond donors (Lipinski definition) is 1. The molecule has 1 aromatic rings. The van der Waals surface area contributed by atoms with E-state index in [0.29, 0.717) is 6.61 Å². The van der Waals surface area contributed by atoms with Gasteiger partial charge in [0, 0.05) is 24.8 Å². The Morgan fingerprint density at radius 1 is 1.44 bits per heavy atom. The number of anilines is 1. The smallest absolute Gasteiger partial charge is 0.171 e. The molecule has 0 radical (unpaired) electrons. The molecule has 0 atom stereocenters. The van der Waals surface area contributed by atoms with Gasteiger partial charge in [-0.3, -0.25) is 0 Å². The van der Waals surface area contributed by atoms with E-state index in [9.17, 15) is 0 Å². The van der Waals surface area contributed by atoms with Gasteiger partial charge in [0.2, 0.25) is 0 Å². The van der Waals surface area contributed by atoms with Crippen molar-refractivity contribution in [2.45, 2.75) is 32.2 Å². The molecule has 0 amide bonds. The van der Waals surface area contributed by atoms with Gasteiger partial charge in [0.1, 0.15) is 0 Å². The number of nitrogens with zero attached hydrogens (tertiary/aromatic N) is 2. The van der Waals surface area contributed by atoms with E-state index >= 15 is 0 Å².